The summed E-state index contributed by atoms with van der Waals surface area (Å²) >= 11 is 0. The maximum atomic E-state index is 12.3. The molecule has 4 nitrogen and oxygen atoms in total. The van der Waals surface area contributed by atoms with Crippen LogP contribution in [-0.4, -0.2) is 12.3 Å². The molecule has 6 heteroatoms. The Morgan fingerprint density at radius 1 is 0.889 bits per heavy atom. The molecule has 0 bridgehead atoms. The fourth-order valence-corrected chi connectivity index (χ4v) is 2.72. The van der Waals surface area contributed by atoms with Gasteiger partial charge in [0.15, 0.2) is 18.9 Å². The van der Waals surface area contributed by atoms with Crippen molar-refractivity contribution in [1.29, 1.82) is 0 Å². The van der Waals surface area contributed by atoms with Crippen molar-refractivity contribution in [1.82, 2.24) is 5.43 Å². The first-order valence-electron chi connectivity index (χ1n) is 8.60. The van der Waals surface area contributed by atoms with Gasteiger partial charge in [0.2, 0.25) is 0 Å². The predicted octanol–water partition coefficient (Wildman–Crippen LogP) is 3.59. The summed E-state index contributed by atoms with van der Waals surface area (Å²) in [6.07, 6.45) is 1.65. The Morgan fingerprint density at radius 2 is 1.52 bits per heavy atom. The second-order valence-corrected chi connectivity index (χ2v) is 6.01. The molecule has 2 N–H and O–H groups in total. The third kappa shape index (κ3) is 5.10. The van der Waals surface area contributed by atoms with Crippen LogP contribution in [0.5, 0.6) is 0 Å². The van der Waals surface area contributed by atoms with Crippen LogP contribution in [0.15, 0.2) is 79.1 Å². The number of nitrogens with one attached hydrogen (secondary N) is 2. The molecule has 138 valence electrons. The number of anilines is 1. The fourth-order valence-electron chi connectivity index (χ4n) is 2.72. The van der Waals surface area contributed by atoms with E-state index in [4.69, 9.17) is 0 Å². The Morgan fingerprint density at radius 3 is 2.22 bits per heavy atom. The standard InChI is InChI=1S/C21H19F2N3O/c22-20(23)21(27)25-24-19-9-5-4-8-18(19)12-15-26-13-10-17(11-14-26)16-6-2-1-3-7-16/h1-11,13-14,20,24H,12,15H2/p+1. The molecule has 0 saturated heterocycles. The Bertz CT molecular complexity index is 883. The first-order chi connectivity index (χ1) is 13.1. The molecule has 3 rings (SSSR count). The number of benzene rings is 2. The van der Waals surface area contributed by atoms with Crippen molar-refractivity contribution in [3.05, 3.63) is 84.7 Å². The van der Waals surface area contributed by atoms with Gasteiger partial charge in [-0.15, -0.1) is 0 Å². The zero-order valence-electron chi connectivity index (χ0n) is 14.6. The molecule has 1 aromatic heterocycles. The molecule has 0 atom stereocenters. The molecule has 0 saturated carbocycles. The first kappa shape index (κ1) is 18.5. The summed E-state index contributed by atoms with van der Waals surface area (Å²) in [6, 6.07) is 21.5. The maximum absolute atomic E-state index is 12.3. The Balaban J connectivity index is 1.62. The van der Waals surface area contributed by atoms with Gasteiger partial charge in [-0.25, -0.2) is 4.57 Å². The second kappa shape index (κ2) is 8.89. The van der Waals surface area contributed by atoms with Gasteiger partial charge in [0.05, 0.1) is 5.69 Å². The van der Waals surface area contributed by atoms with Crippen LogP contribution in [0, 0.1) is 0 Å². The van der Waals surface area contributed by atoms with Crippen LogP contribution in [0.2, 0.25) is 0 Å². The van der Waals surface area contributed by atoms with E-state index in [1.54, 1.807) is 12.1 Å². The van der Waals surface area contributed by atoms with E-state index in [0.717, 1.165) is 23.2 Å². The molecule has 0 aliphatic rings. The Kier molecular flexibility index (Phi) is 6.10. The number of carbonyl (C=O) groups excluding carboxylic acids is 1. The van der Waals surface area contributed by atoms with Gasteiger partial charge in [0.1, 0.15) is 0 Å². The number of alkyl halides is 2. The zero-order chi connectivity index (χ0) is 19.1. The number of halogens is 2. The topological polar surface area (TPSA) is 45.0 Å². The first-order valence-corrected chi connectivity index (χ1v) is 8.60. The lowest BCUT2D eigenvalue weighted by Gasteiger charge is -2.12. The highest BCUT2D eigenvalue weighted by Crippen LogP contribution is 2.17. The van der Waals surface area contributed by atoms with Crippen molar-refractivity contribution in [2.45, 2.75) is 19.4 Å². The lowest BCUT2D eigenvalue weighted by atomic mass is 10.1. The molecular formula is C21H20F2N3O+. The lowest BCUT2D eigenvalue weighted by molar-refractivity contribution is -0.696. The van der Waals surface area contributed by atoms with Crippen LogP contribution in [-0.2, 0) is 17.8 Å². The number of amides is 1. The van der Waals surface area contributed by atoms with E-state index in [9.17, 15) is 13.6 Å². The SMILES string of the molecule is O=C(NNc1ccccc1CC[n+]1ccc(-c2ccccc2)cc1)C(F)F. The van der Waals surface area contributed by atoms with Crippen molar-refractivity contribution in [2.24, 2.45) is 0 Å². The molecule has 0 radical (unpaired) electrons. The summed E-state index contributed by atoms with van der Waals surface area (Å²) in [5.74, 6) is -1.35. The van der Waals surface area contributed by atoms with E-state index in [1.165, 1.54) is 0 Å². The summed E-state index contributed by atoms with van der Waals surface area (Å²) in [6.45, 7) is 0.719. The molecule has 1 heterocycles. The average Bonchev–Trinajstić information content (AvgIpc) is 2.72. The highest BCUT2D eigenvalue weighted by atomic mass is 19.3. The molecule has 2 aromatic carbocycles. The molecular weight excluding hydrogens is 348 g/mol. The van der Waals surface area contributed by atoms with Crippen LogP contribution >= 0.6 is 0 Å². The van der Waals surface area contributed by atoms with Crippen LogP contribution < -0.4 is 15.4 Å². The van der Waals surface area contributed by atoms with Gasteiger partial charge in [-0.1, -0.05) is 48.5 Å². The number of aromatic nitrogens is 1. The quantitative estimate of drug-likeness (QED) is 0.494. The predicted molar refractivity (Wildman–Crippen MR) is 100.0 cm³/mol. The summed E-state index contributed by atoms with van der Waals surface area (Å²) in [5, 5.41) is 0. The van der Waals surface area contributed by atoms with Crippen molar-refractivity contribution in [3.63, 3.8) is 0 Å². The number of hydrogen-bond donors (Lipinski definition) is 2. The van der Waals surface area contributed by atoms with Crippen LogP contribution in [0.25, 0.3) is 11.1 Å². The number of nitrogens with zero attached hydrogens (tertiary/aromatic N) is 1. The van der Waals surface area contributed by atoms with E-state index in [2.05, 4.69) is 34.3 Å². The van der Waals surface area contributed by atoms with Gasteiger partial charge in [0.25, 0.3) is 0 Å². The number of rotatable bonds is 7. The Hall–Kier alpha value is -3.28. The van der Waals surface area contributed by atoms with E-state index in [0.29, 0.717) is 12.1 Å². The number of pyridine rings is 1. The van der Waals surface area contributed by atoms with Crippen molar-refractivity contribution < 1.29 is 18.1 Å². The smallest absolute Gasteiger partial charge is 0.298 e. The lowest BCUT2D eigenvalue weighted by Crippen LogP contribution is -2.35. The molecule has 0 aliphatic heterocycles. The average molecular weight is 368 g/mol. The summed E-state index contributed by atoms with van der Waals surface area (Å²) in [5.41, 5.74) is 8.42. The van der Waals surface area contributed by atoms with Gasteiger partial charge in [0, 0.05) is 18.6 Å². The van der Waals surface area contributed by atoms with Gasteiger partial charge >= 0.3 is 12.3 Å². The number of para-hydroxylation sites is 1. The number of aryl methyl sites for hydroxylation is 2. The van der Waals surface area contributed by atoms with Crippen LogP contribution in [0.4, 0.5) is 14.5 Å². The Labute approximate surface area is 156 Å². The number of hydrogen-bond acceptors (Lipinski definition) is 2. The fraction of sp³-hybridized carbons (Fsp3) is 0.143. The summed E-state index contributed by atoms with van der Waals surface area (Å²) in [4.78, 5) is 11.0. The second-order valence-electron chi connectivity index (χ2n) is 6.01. The minimum atomic E-state index is -3.05. The van der Waals surface area contributed by atoms with E-state index < -0.39 is 12.3 Å². The minimum Gasteiger partial charge on any atom is -0.298 e. The van der Waals surface area contributed by atoms with Crippen molar-refractivity contribution in [3.8, 4) is 11.1 Å². The van der Waals surface area contributed by atoms with Crippen LogP contribution in [0.3, 0.4) is 0 Å². The molecule has 0 aliphatic carbocycles. The molecule has 0 fully saturated rings. The van der Waals surface area contributed by atoms with E-state index in [1.807, 2.05) is 48.2 Å². The van der Waals surface area contributed by atoms with Crippen molar-refractivity contribution in [2.75, 3.05) is 5.43 Å². The number of carbonyl (C=O) groups is 1. The molecule has 0 spiro atoms. The van der Waals surface area contributed by atoms with Gasteiger partial charge in [-0.05, 0) is 22.8 Å². The largest absolute Gasteiger partial charge is 0.317 e. The third-order valence-electron chi connectivity index (χ3n) is 4.17. The molecule has 1 amide bonds. The molecule has 0 unspecified atom stereocenters. The van der Waals surface area contributed by atoms with Gasteiger partial charge in [-0.3, -0.25) is 15.6 Å². The van der Waals surface area contributed by atoms with E-state index in [-0.39, 0.29) is 0 Å². The monoisotopic (exact) mass is 368 g/mol. The van der Waals surface area contributed by atoms with Crippen LogP contribution in [0.1, 0.15) is 5.56 Å². The van der Waals surface area contributed by atoms with Gasteiger partial charge in [-0.2, -0.15) is 8.78 Å². The highest BCUT2D eigenvalue weighted by molar-refractivity contribution is 5.80. The summed E-state index contributed by atoms with van der Waals surface area (Å²) < 4.78 is 26.7. The van der Waals surface area contributed by atoms with E-state index >= 15 is 0 Å². The molecule has 27 heavy (non-hydrogen) atoms. The normalized spacial score (nSPS) is 10.6. The third-order valence-corrected chi connectivity index (χ3v) is 4.17. The number of hydrazine groups is 1. The zero-order valence-corrected chi connectivity index (χ0v) is 14.6. The highest BCUT2D eigenvalue weighted by Gasteiger charge is 2.15. The maximum Gasteiger partial charge on any atom is 0.317 e. The van der Waals surface area contributed by atoms with Crippen molar-refractivity contribution >= 4 is 11.6 Å². The minimum absolute atomic E-state index is 0.605. The summed E-state index contributed by atoms with van der Waals surface area (Å²) in [7, 11) is 0. The van der Waals surface area contributed by atoms with Gasteiger partial charge < -0.3 is 0 Å². The molecule has 3 aromatic rings.